The molecule has 0 aliphatic heterocycles. The minimum absolute atomic E-state index is 0.407. The monoisotopic (exact) mass is 319 g/mol. The molecule has 0 radical (unpaired) electrons. The second-order valence-corrected chi connectivity index (χ2v) is 5.15. The van der Waals surface area contributed by atoms with Gasteiger partial charge in [0.15, 0.2) is 5.82 Å². The maximum absolute atomic E-state index is 6.25. The van der Waals surface area contributed by atoms with Crippen molar-refractivity contribution in [2.24, 2.45) is 5.73 Å². The molecular formula is C14H11Cl2N5. The minimum atomic E-state index is -0.462. The first kappa shape index (κ1) is 14.0. The number of aromatic nitrogens is 4. The van der Waals surface area contributed by atoms with Gasteiger partial charge in [-0.05, 0) is 23.8 Å². The Bertz CT molecular complexity index is 757. The fraction of sp³-hybridized carbons (Fsp3) is 0.0714. The lowest BCUT2D eigenvalue weighted by Gasteiger charge is -2.14. The van der Waals surface area contributed by atoms with E-state index in [1.54, 1.807) is 29.2 Å². The van der Waals surface area contributed by atoms with Crippen LogP contribution in [0.25, 0.3) is 5.69 Å². The zero-order valence-electron chi connectivity index (χ0n) is 10.8. The third kappa shape index (κ3) is 2.63. The Morgan fingerprint density at radius 3 is 2.76 bits per heavy atom. The molecule has 106 valence electrons. The lowest BCUT2D eigenvalue weighted by molar-refractivity contribution is 0.717. The number of nitrogens with two attached hydrogens (primary N) is 1. The van der Waals surface area contributed by atoms with Gasteiger partial charge in [0.2, 0.25) is 0 Å². The van der Waals surface area contributed by atoms with Crippen molar-refractivity contribution >= 4 is 23.2 Å². The highest BCUT2D eigenvalue weighted by Gasteiger charge is 2.19. The molecule has 0 aliphatic carbocycles. The standard InChI is InChI=1S/C14H11Cl2N5/c15-10-4-1-5-11(12(10)16)21-14(19-8-20-21)13(17)9-3-2-6-18-7-9/h1-8,13H,17H2. The summed E-state index contributed by atoms with van der Waals surface area (Å²) in [6, 6.07) is 8.56. The van der Waals surface area contributed by atoms with Gasteiger partial charge >= 0.3 is 0 Å². The van der Waals surface area contributed by atoms with E-state index in [1.165, 1.54) is 6.33 Å². The molecule has 0 saturated heterocycles. The second kappa shape index (κ2) is 5.81. The molecule has 7 heteroatoms. The Kier molecular flexibility index (Phi) is 3.88. The highest BCUT2D eigenvalue weighted by Crippen LogP contribution is 2.29. The number of pyridine rings is 1. The number of hydrogen-bond acceptors (Lipinski definition) is 4. The zero-order chi connectivity index (χ0) is 14.8. The summed E-state index contributed by atoms with van der Waals surface area (Å²) in [4.78, 5) is 8.30. The number of halogens is 2. The Hall–Kier alpha value is -1.95. The van der Waals surface area contributed by atoms with Crippen molar-refractivity contribution in [3.05, 3.63) is 70.5 Å². The van der Waals surface area contributed by atoms with Crippen molar-refractivity contribution in [1.29, 1.82) is 0 Å². The van der Waals surface area contributed by atoms with E-state index in [4.69, 9.17) is 28.9 Å². The van der Waals surface area contributed by atoms with Crippen LogP contribution in [-0.2, 0) is 0 Å². The normalized spacial score (nSPS) is 12.3. The molecule has 2 heterocycles. The Balaban J connectivity index is 2.08. The van der Waals surface area contributed by atoms with Crippen molar-refractivity contribution in [3.63, 3.8) is 0 Å². The molecular weight excluding hydrogens is 309 g/mol. The van der Waals surface area contributed by atoms with Gasteiger partial charge in [0.05, 0.1) is 21.8 Å². The molecule has 3 rings (SSSR count). The van der Waals surface area contributed by atoms with E-state index >= 15 is 0 Å². The summed E-state index contributed by atoms with van der Waals surface area (Å²) < 4.78 is 1.59. The second-order valence-electron chi connectivity index (χ2n) is 4.37. The van der Waals surface area contributed by atoms with Crippen LogP contribution in [0, 0.1) is 0 Å². The first-order valence-corrected chi connectivity index (χ1v) is 6.94. The Morgan fingerprint density at radius 2 is 2.00 bits per heavy atom. The van der Waals surface area contributed by atoms with Gasteiger partial charge in [0.25, 0.3) is 0 Å². The highest BCUT2D eigenvalue weighted by atomic mass is 35.5. The fourth-order valence-corrected chi connectivity index (χ4v) is 2.39. The lowest BCUT2D eigenvalue weighted by Crippen LogP contribution is -2.18. The van der Waals surface area contributed by atoms with Crippen LogP contribution in [0.1, 0.15) is 17.4 Å². The van der Waals surface area contributed by atoms with E-state index in [9.17, 15) is 0 Å². The molecule has 0 bridgehead atoms. The van der Waals surface area contributed by atoms with Crippen molar-refractivity contribution in [2.75, 3.05) is 0 Å². The van der Waals surface area contributed by atoms with Crippen molar-refractivity contribution in [1.82, 2.24) is 19.7 Å². The van der Waals surface area contributed by atoms with Crippen molar-refractivity contribution in [3.8, 4) is 5.69 Å². The molecule has 1 unspecified atom stereocenters. The Labute approximate surface area is 131 Å². The summed E-state index contributed by atoms with van der Waals surface area (Å²) >= 11 is 12.3. The average molecular weight is 320 g/mol. The SMILES string of the molecule is NC(c1cccnc1)c1ncnn1-c1cccc(Cl)c1Cl. The lowest BCUT2D eigenvalue weighted by atomic mass is 10.1. The molecule has 2 aromatic heterocycles. The Morgan fingerprint density at radius 1 is 1.14 bits per heavy atom. The zero-order valence-corrected chi connectivity index (χ0v) is 12.3. The molecule has 0 saturated carbocycles. The smallest absolute Gasteiger partial charge is 0.153 e. The molecule has 5 nitrogen and oxygen atoms in total. The van der Waals surface area contributed by atoms with Gasteiger partial charge in [-0.2, -0.15) is 5.10 Å². The first-order valence-electron chi connectivity index (χ1n) is 6.18. The maximum Gasteiger partial charge on any atom is 0.153 e. The molecule has 21 heavy (non-hydrogen) atoms. The molecule has 1 atom stereocenters. The van der Waals surface area contributed by atoms with Crippen LogP contribution in [0.15, 0.2) is 49.1 Å². The maximum atomic E-state index is 6.25. The molecule has 0 amide bonds. The molecule has 3 aromatic rings. The van der Waals surface area contributed by atoms with Crippen LogP contribution < -0.4 is 5.73 Å². The first-order chi connectivity index (χ1) is 10.2. The summed E-state index contributed by atoms with van der Waals surface area (Å²) in [5, 5.41) is 5.05. The van der Waals surface area contributed by atoms with Crippen LogP contribution in [0.2, 0.25) is 10.0 Å². The van der Waals surface area contributed by atoms with E-state index in [2.05, 4.69) is 15.1 Å². The van der Waals surface area contributed by atoms with Gasteiger partial charge in [-0.1, -0.05) is 35.3 Å². The predicted molar refractivity (Wildman–Crippen MR) is 81.6 cm³/mol. The molecule has 2 N–H and O–H groups in total. The van der Waals surface area contributed by atoms with Crippen LogP contribution >= 0.6 is 23.2 Å². The van der Waals surface area contributed by atoms with Crippen LogP contribution in [0.3, 0.4) is 0 Å². The quantitative estimate of drug-likeness (QED) is 0.805. The van der Waals surface area contributed by atoms with Gasteiger partial charge in [-0.3, -0.25) is 4.98 Å². The number of benzene rings is 1. The number of nitrogens with zero attached hydrogens (tertiary/aromatic N) is 4. The predicted octanol–water partition coefficient (Wildman–Crippen LogP) is 3.02. The summed E-state index contributed by atoms with van der Waals surface area (Å²) in [5.74, 6) is 0.562. The van der Waals surface area contributed by atoms with E-state index in [0.717, 1.165) is 5.56 Å². The van der Waals surface area contributed by atoms with E-state index in [-0.39, 0.29) is 0 Å². The highest BCUT2D eigenvalue weighted by molar-refractivity contribution is 6.43. The fourth-order valence-electron chi connectivity index (χ4n) is 2.01. The van der Waals surface area contributed by atoms with Gasteiger partial charge in [0.1, 0.15) is 6.33 Å². The summed E-state index contributed by atoms with van der Waals surface area (Å²) in [7, 11) is 0. The summed E-state index contributed by atoms with van der Waals surface area (Å²) in [6.07, 6.45) is 4.82. The number of hydrogen-bond donors (Lipinski definition) is 1. The average Bonchev–Trinajstić information content (AvgIpc) is 2.99. The van der Waals surface area contributed by atoms with Gasteiger partial charge in [0, 0.05) is 12.4 Å². The van der Waals surface area contributed by atoms with Crippen molar-refractivity contribution in [2.45, 2.75) is 6.04 Å². The summed E-state index contributed by atoms with van der Waals surface area (Å²) in [5.41, 5.74) is 7.72. The molecule has 0 fully saturated rings. The van der Waals surface area contributed by atoms with E-state index in [1.807, 2.05) is 18.2 Å². The molecule has 0 aliphatic rings. The topological polar surface area (TPSA) is 69.6 Å². The molecule has 1 aromatic carbocycles. The van der Waals surface area contributed by atoms with Gasteiger partial charge in [-0.25, -0.2) is 9.67 Å². The summed E-state index contributed by atoms with van der Waals surface area (Å²) in [6.45, 7) is 0. The number of rotatable bonds is 3. The third-order valence-electron chi connectivity index (χ3n) is 3.06. The van der Waals surface area contributed by atoms with Crippen LogP contribution in [0.5, 0.6) is 0 Å². The van der Waals surface area contributed by atoms with E-state index in [0.29, 0.717) is 21.6 Å². The van der Waals surface area contributed by atoms with Gasteiger partial charge < -0.3 is 5.73 Å². The third-order valence-corrected chi connectivity index (χ3v) is 3.86. The van der Waals surface area contributed by atoms with E-state index < -0.39 is 6.04 Å². The van der Waals surface area contributed by atoms with Crippen LogP contribution in [0.4, 0.5) is 0 Å². The minimum Gasteiger partial charge on any atom is -0.318 e. The van der Waals surface area contributed by atoms with Gasteiger partial charge in [-0.15, -0.1) is 0 Å². The van der Waals surface area contributed by atoms with Crippen molar-refractivity contribution < 1.29 is 0 Å². The molecule has 0 spiro atoms. The van der Waals surface area contributed by atoms with Crippen LogP contribution in [-0.4, -0.2) is 19.7 Å². The largest absolute Gasteiger partial charge is 0.318 e.